The number of nitrogens with zero attached hydrogens (tertiary/aromatic N) is 1. The van der Waals surface area contributed by atoms with Crippen molar-refractivity contribution in [3.05, 3.63) is 96.0 Å². The predicted molar refractivity (Wildman–Crippen MR) is 141 cm³/mol. The summed E-state index contributed by atoms with van der Waals surface area (Å²) in [4.78, 5) is 39.1. The number of carbonyl (C=O) groups excluding carboxylic acids is 3. The summed E-state index contributed by atoms with van der Waals surface area (Å²) in [7, 11) is 0. The first kappa shape index (κ1) is 25.6. The standard InChI is InChI=1S/C23H11Cl6N3O3/c24-12-2-1-3-16(18(12)28)31-21(33)10-4-6-11(7-5-10)30-20-19(29)22(34)32(23(20)35)17-9-14(26)13(25)8-15(17)27/h1-9,30H,(H,31,33). The number of halogens is 6. The van der Waals surface area contributed by atoms with Crippen LogP contribution in [0.5, 0.6) is 0 Å². The second kappa shape index (κ2) is 10.3. The van der Waals surface area contributed by atoms with E-state index >= 15 is 0 Å². The molecule has 4 rings (SSSR count). The van der Waals surface area contributed by atoms with Gasteiger partial charge in [0.25, 0.3) is 17.7 Å². The van der Waals surface area contributed by atoms with Gasteiger partial charge in [-0.25, -0.2) is 4.90 Å². The Bertz CT molecular complexity index is 1420. The van der Waals surface area contributed by atoms with Crippen molar-refractivity contribution in [3.63, 3.8) is 0 Å². The Labute approximate surface area is 229 Å². The van der Waals surface area contributed by atoms with E-state index in [1.54, 1.807) is 18.2 Å². The molecule has 0 spiro atoms. The van der Waals surface area contributed by atoms with E-state index in [0.29, 0.717) is 22.0 Å². The van der Waals surface area contributed by atoms with E-state index in [2.05, 4.69) is 10.6 Å². The number of carbonyl (C=O) groups is 3. The molecular formula is C23H11Cl6N3O3. The molecule has 178 valence electrons. The largest absolute Gasteiger partial charge is 0.350 e. The van der Waals surface area contributed by atoms with Crippen molar-refractivity contribution in [2.45, 2.75) is 0 Å². The Morgan fingerprint density at radius 2 is 1.40 bits per heavy atom. The van der Waals surface area contributed by atoms with Gasteiger partial charge in [-0.2, -0.15) is 0 Å². The average Bonchev–Trinajstić information content (AvgIpc) is 3.03. The normalized spacial score (nSPS) is 13.5. The van der Waals surface area contributed by atoms with Crippen LogP contribution in [0.25, 0.3) is 0 Å². The van der Waals surface area contributed by atoms with Crippen LogP contribution in [0.2, 0.25) is 25.1 Å². The van der Waals surface area contributed by atoms with Crippen LogP contribution < -0.4 is 15.5 Å². The highest BCUT2D eigenvalue weighted by atomic mass is 35.5. The van der Waals surface area contributed by atoms with Crippen LogP contribution in [0.3, 0.4) is 0 Å². The van der Waals surface area contributed by atoms with Crippen LogP contribution in [0.4, 0.5) is 17.1 Å². The summed E-state index contributed by atoms with van der Waals surface area (Å²) in [5.74, 6) is -1.95. The van der Waals surface area contributed by atoms with Crippen molar-refractivity contribution < 1.29 is 14.4 Å². The molecule has 3 aromatic rings. The van der Waals surface area contributed by atoms with Crippen molar-refractivity contribution >= 4 is 104 Å². The maximum Gasteiger partial charge on any atom is 0.283 e. The molecule has 0 aliphatic carbocycles. The van der Waals surface area contributed by atoms with E-state index in [1.807, 2.05) is 0 Å². The average molecular weight is 590 g/mol. The number of amides is 3. The van der Waals surface area contributed by atoms with Gasteiger partial charge in [0, 0.05) is 11.3 Å². The highest BCUT2D eigenvalue weighted by Crippen LogP contribution is 2.38. The van der Waals surface area contributed by atoms with Gasteiger partial charge in [-0.3, -0.25) is 14.4 Å². The van der Waals surface area contributed by atoms with Crippen LogP contribution in [-0.2, 0) is 9.59 Å². The van der Waals surface area contributed by atoms with Gasteiger partial charge in [0.2, 0.25) is 0 Å². The molecule has 2 N–H and O–H groups in total. The van der Waals surface area contributed by atoms with Gasteiger partial charge in [0.05, 0.1) is 36.5 Å². The minimum atomic E-state index is -0.783. The van der Waals surface area contributed by atoms with Crippen molar-refractivity contribution in [3.8, 4) is 0 Å². The van der Waals surface area contributed by atoms with Crippen LogP contribution in [0.1, 0.15) is 10.4 Å². The third-order valence-electron chi connectivity index (χ3n) is 4.87. The number of benzene rings is 3. The molecule has 0 unspecified atom stereocenters. The van der Waals surface area contributed by atoms with E-state index in [-0.39, 0.29) is 36.5 Å². The van der Waals surface area contributed by atoms with Gasteiger partial charge in [-0.05, 0) is 48.5 Å². The lowest BCUT2D eigenvalue weighted by atomic mass is 10.2. The molecule has 6 nitrogen and oxygen atoms in total. The summed E-state index contributed by atoms with van der Waals surface area (Å²) in [6.45, 7) is 0. The second-order valence-corrected chi connectivity index (χ2v) is 9.50. The Morgan fingerprint density at radius 3 is 2.09 bits per heavy atom. The lowest BCUT2D eigenvalue weighted by Gasteiger charge is -2.17. The molecule has 1 aliphatic heterocycles. The van der Waals surface area contributed by atoms with E-state index in [4.69, 9.17) is 69.6 Å². The minimum absolute atomic E-state index is 0.0395. The molecule has 0 atom stereocenters. The summed E-state index contributed by atoms with van der Waals surface area (Å²) in [6, 6.07) is 13.6. The van der Waals surface area contributed by atoms with Crippen molar-refractivity contribution in [1.29, 1.82) is 0 Å². The quantitative estimate of drug-likeness (QED) is 0.237. The van der Waals surface area contributed by atoms with Gasteiger partial charge in [-0.15, -0.1) is 0 Å². The molecule has 12 heteroatoms. The Kier molecular flexibility index (Phi) is 7.52. The molecular weight excluding hydrogens is 579 g/mol. The fourth-order valence-electron chi connectivity index (χ4n) is 3.16. The number of hydrogen-bond acceptors (Lipinski definition) is 4. The van der Waals surface area contributed by atoms with Gasteiger partial charge in [0.1, 0.15) is 10.7 Å². The van der Waals surface area contributed by atoms with Crippen LogP contribution in [0, 0.1) is 0 Å². The third-order valence-corrected chi connectivity index (χ3v) is 7.07. The fourth-order valence-corrected chi connectivity index (χ4v) is 4.34. The van der Waals surface area contributed by atoms with Gasteiger partial charge in [-0.1, -0.05) is 75.7 Å². The zero-order chi connectivity index (χ0) is 25.4. The van der Waals surface area contributed by atoms with Crippen molar-refractivity contribution in [2.75, 3.05) is 15.5 Å². The maximum absolute atomic E-state index is 13.0. The molecule has 0 fully saturated rings. The molecule has 0 aromatic heterocycles. The van der Waals surface area contributed by atoms with Crippen LogP contribution in [-0.4, -0.2) is 17.7 Å². The summed E-state index contributed by atoms with van der Waals surface area (Å²) in [5.41, 5.74) is 0.947. The van der Waals surface area contributed by atoms with Crippen LogP contribution in [0.15, 0.2) is 65.3 Å². The maximum atomic E-state index is 13.0. The second-order valence-electron chi connectivity index (χ2n) is 7.11. The molecule has 0 radical (unpaired) electrons. The first-order chi connectivity index (χ1) is 16.6. The molecule has 35 heavy (non-hydrogen) atoms. The zero-order valence-corrected chi connectivity index (χ0v) is 21.7. The fraction of sp³-hybridized carbons (Fsp3) is 0. The Morgan fingerprint density at radius 1 is 0.743 bits per heavy atom. The lowest BCUT2D eigenvalue weighted by molar-refractivity contribution is -0.120. The third kappa shape index (κ3) is 5.09. The van der Waals surface area contributed by atoms with Gasteiger partial charge < -0.3 is 10.6 Å². The van der Waals surface area contributed by atoms with E-state index < -0.39 is 17.7 Å². The molecule has 3 aromatic carbocycles. The Hall–Kier alpha value is -2.45. The number of anilines is 3. The zero-order valence-electron chi connectivity index (χ0n) is 17.1. The lowest BCUT2D eigenvalue weighted by Crippen LogP contribution is -2.32. The van der Waals surface area contributed by atoms with Crippen molar-refractivity contribution in [2.24, 2.45) is 0 Å². The SMILES string of the molecule is O=C(Nc1cccc(Cl)c1Cl)c1ccc(NC2=C(Cl)C(=O)N(c3cc(Cl)c(Cl)cc3Cl)C2=O)cc1. The number of hydrogen-bond donors (Lipinski definition) is 2. The van der Waals surface area contributed by atoms with Gasteiger partial charge in [0.15, 0.2) is 0 Å². The monoisotopic (exact) mass is 587 g/mol. The summed E-state index contributed by atoms with van der Waals surface area (Å²) >= 11 is 36.4. The summed E-state index contributed by atoms with van der Waals surface area (Å²) in [5, 5.41) is 5.99. The smallest absolute Gasteiger partial charge is 0.283 e. The van der Waals surface area contributed by atoms with Crippen molar-refractivity contribution in [1.82, 2.24) is 0 Å². The highest BCUT2D eigenvalue weighted by molar-refractivity contribution is 6.54. The molecule has 1 heterocycles. The molecule has 1 aliphatic rings. The topological polar surface area (TPSA) is 78.5 Å². The molecule has 0 saturated heterocycles. The number of imide groups is 1. The number of rotatable bonds is 5. The predicted octanol–water partition coefficient (Wildman–Crippen LogP) is 7.64. The number of nitrogens with one attached hydrogen (secondary N) is 2. The first-order valence-corrected chi connectivity index (χ1v) is 11.9. The minimum Gasteiger partial charge on any atom is -0.350 e. The van der Waals surface area contributed by atoms with Gasteiger partial charge >= 0.3 is 0 Å². The molecule has 0 saturated carbocycles. The highest BCUT2D eigenvalue weighted by Gasteiger charge is 2.40. The molecule has 3 amide bonds. The van der Waals surface area contributed by atoms with E-state index in [1.165, 1.54) is 36.4 Å². The van der Waals surface area contributed by atoms with E-state index in [0.717, 1.165) is 4.90 Å². The van der Waals surface area contributed by atoms with E-state index in [9.17, 15) is 14.4 Å². The van der Waals surface area contributed by atoms with Crippen LogP contribution >= 0.6 is 69.6 Å². The Balaban J connectivity index is 1.52. The first-order valence-electron chi connectivity index (χ1n) is 9.64. The summed E-state index contributed by atoms with van der Waals surface area (Å²) < 4.78 is 0. The summed E-state index contributed by atoms with van der Waals surface area (Å²) in [6.07, 6.45) is 0. The molecule has 0 bridgehead atoms.